The summed E-state index contributed by atoms with van der Waals surface area (Å²) in [6.07, 6.45) is 4.39. The molecule has 1 aromatic rings. The third-order valence-electron chi connectivity index (χ3n) is 1.62. The van der Waals surface area contributed by atoms with Gasteiger partial charge in [-0.15, -0.1) is 0 Å². The van der Waals surface area contributed by atoms with Crippen molar-refractivity contribution >= 4 is 12.0 Å². The molecular formula is C10H11NO3. The van der Waals surface area contributed by atoms with Gasteiger partial charge < -0.3 is 9.84 Å². The van der Waals surface area contributed by atoms with Crippen molar-refractivity contribution in [3.8, 4) is 0 Å². The lowest BCUT2D eigenvalue weighted by Gasteiger charge is -1.95. The van der Waals surface area contributed by atoms with Gasteiger partial charge in [-0.2, -0.15) is 0 Å². The van der Waals surface area contributed by atoms with Crippen LogP contribution in [0, 0.1) is 0 Å². The van der Waals surface area contributed by atoms with Gasteiger partial charge in [-0.05, 0) is 17.7 Å². The fourth-order valence-corrected chi connectivity index (χ4v) is 0.850. The van der Waals surface area contributed by atoms with E-state index in [0.29, 0.717) is 5.69 Å². The third-order valence-corrected chi connectivity index (χ3v) is 1.62. The summed E-state index contributed by atoms with van der Waals surface area (Å²) in [5, 5.41) is 8.75. The highest BCUT2D eigenvalue weighted by atomic mass is 16.5. The molecule has 4 nitrogen and oxygen atoms in total. The summed E-state index contributed by atoms with van der Waals surface area (Å²) in [6, 6.07) is 3.45. The fraction of sp³-hybridized carbons (Fsp3) is 0.200. The first-order valence-electron chi connectivity index (χ1n) is 4.08. The number of hydrogen-bond donors (Lipinski definition) is 1. The van der Waals surface area contributed by atoms with E-state index >= 15 is 0 Å². The van der Waals surface area contributed by atoms with Crippen LogP contribution in [0.5, 0.6) is 0 Å². The summed E-state index contributed by atoms with van der Waals surface area (Å²) in [4.78, 5) is 14.7. The van der Waals surface area contributed by atoms with Crippen molar-refractivity contribution in [3.05, 3.63) is 35.7 Å². The maximum absolute atomic E-state index is 10.7. The second kappa shape index (κ2) is 5.14. The number of rotatable bonds is 3. The number of nitrogens with zero attached hydrogens (tertiary/aromatic N) is 1. The molecule has 14 heavy (non-hydrogen) atoms. The topological polar surface area (TPSA) is 59.4 Å². The predicted octanol–water partition coefficient (Wildman–Crippen LogP) is 0.760. The van der Waals surface area contributed by atoms with Crippen LogP contribution in [0.3, 0.4) is 0 Å². The van der Waals surface area contributed by atoms with Gasteiger partial charge >= 0.3 is 5.97 Å². The van der Waals surface area contributed by atoms with Crippen LogP contribution in [-0.2, 0) is 16.1 Å². The van der Waals surface area contributed by atoms with Gasteiger partial charge in [-0.3, -0.25) is 4.98 Å². The van der Waals surface area contributed by atoms with E-state index in [1.807, 2.05) is 0 Å². The van der Waals surface area contributed by atoms with E-state index in [2.05, 4.69) is 9.72 Å². The Morgan fingerprint density at radius 1 is 1.64 bits per heavy atom. The van der Waals surface area contributed by atoms with E-state index in [4.69, 9.17) is 5.11 Å². The van der Waals surface area contributed by atoms with Gasteiger partial charge in [-0.1, -0.05) is 6.07 Å². The molecule has 0 fully saturated rings. The van der Waals surface area contributed by atoms with Crippen LogP contribution in [-0.4, -0.2) is 23.2 Å². The number of pyridine rings is 1. The Morgan fingerprint density at radius 2 is 2.43 bits per heavy atom. The lowest BCUT2D eigenvalue weighted by Crippen LogP contribution is -1.94. The van der Waals surface area contributed by atoms with Crippen LogP contribution in [0.25, 0.3) is 6.08 Å². The molecule has 0 aliphatic rings. The molecule has 0 spiro atoms. The molecule has 1 aromatic heterocycles. The molecule has 0 aliphatic carbocycles. The minimum atomic E-state index is -0.418. The van der Waals surface area contributed by atoms with Gasteiger partial charge in [0.05, 0.1) is 19.4 Å². The number of carbonyl (C=O) groups excluding carboxylic acids is 1. The van der Waals surface area contributed by atoms with Crippen LogP contribution in [0.4, 0.5) is 0 Å². The molecule has 1 N–H and O–H groups in total. The highest BCUT2D eigenvalue weighted by Crippen LogP contribution is 2.01. The molecule has 1 heterocycles. The zero-order chi connectivity index (χ0) is 10.4. The normalized spacial score (nSPS) is 10.4. The summed E-state index contributed by atoms with van der Waals surface area (Å²) in [6.45, 7) is -0.0337. The van der Waals surface area contributed by atoms with Crippen LogP contribution >= 0.6 is 0 Å². The number of hydrogen-bond acceptors (Lipinski definition) is 4. The summed E-state index contributed by atoms with van der Waals surface area (Å²) < 4.78 is 4.42. The highest BCUT2D eigenvalue weighted by molar-refractivity contribution is 5.86. The van der Waals surface area contributed by atoms with Gasteiger partial charge in [-0.25, -0.2) is 4.79 Å². The predicted molar refractivity (Wildman–Crippen MR) is 51.2 cm³/mol. The standard InChI is InChI=1S/C10H11NO3/c1-14-10(13)5-4-9-3-2-8(7-12)6-11-9/h2-6,12H,7H2,1H3/b5-4+. The maximum Gasteiger partial charge on any atom is 0.330 e. The van der Waals surface area contributed by atoms with Gasteiger partial charge in [0.15, 0.2) is 0 Å². The van der Waals surface area contributed by atoms with Crippen molar-refractivity contribution in [2.75, 3.05) is 7.11 Å². The first-order valence-corrected chi connectivity index (χ1v) is 4.08. The number of methoxy groups -OCH3 is 1. The Hall–Kier alpha value is -1.68. The van der Waals surface area contributed by atoms with Crippen LogP contribution < -0.4 is 0 Å². The molecule has 0 amide bonds. The van der Waals surface area contributed by atoms with Crippen LogP contribution in [0.1, 0.15) is 11.3 Å². The largest absolute Gasteiger partial charge is 0.466 e. The zero-order valence-electron chi connectivity index (χ0n) is 7.80. The lowest BCUT2D eigenvalue weighted by atomic mass is 10.2. The summed E-state index contributed by atoms with van der Waals surface area (Å²) >= 11 is 0. The Morgan fingerprint density at radius 3 is 2.93 bits per heavy atom. The Balaban J connectivity index is 2.68. The molecule has 0 atom stereocenters. The molecule has 0 unspecified atom stereocenters. The van der Waals surface area contributed by atoms with E-state index in [9.17, 15) is 4.79 Å². The molecule has 74 valence electrons. The van der Waals surface area contributed by atoms with Crippen molar-refractivity contribution in [1.29, 1.82) is 0 Å². The van der Waals surface area contributed by atoms with Gasteiger partial charge in [0.2, 0.25) is 0 Å². The van der Waals surface area contributed by atoms with Crippen molar-refractivity contribution in [2.24, 2.45) is 0 Å². The van der Waals surface area contributed by atoms with Crippen molar-refractivity contribution in [1.82, 2.24) is 4.98 Å². The zero-order valence-corrected chi connectivity index (χ0v) is 7.80. The molecule has 0 bridgehead atoms. The van der Waals surface area contributed by atoms with Crippen molar-refractivity contribution < 1.29 is 14.6 Å². The first-order chi connectivity index (χ1) is 6.76. The van der Waals surface area contributed by atoms with Crippen molar-refractivity contribution in [2.45, 2.75) is 6.61 Å². The molecule has 1 rings (SSSR count). The second-order valence-corrected chi connectivity index (χ2v) is 2.61. The summed E-state index contributed by atoms with van der Waals surface area (Å²) in [5.74, 6) is -0.418. The summed E-state index contributed by atoms with van der Waals surface area (Å²) in [7, 11) is 1.31. The molecule has 0 saturated heterocycles. The monoisotopic (exact) mass is 193 g/mol. The minimum Gasteiger partial charge on any atom is -0.466 e. The van der Waals surface area contributed by atoms with Gasteiger partial charge in [0, 0.05) is 12.3 Å². The molecule has 0 aliphatic heterocycles. The Labute approximate surface area is 81.9 Å². The maximum atomic E-state index is 10.7. The first kappa shape index (κ1) is 10.4. The third kappa shape index (κ3) is 2.99. The SMILES string of the molecule is COC(=O)/C=C/c1ccc(CO)cn1. The Bertz CT molecular complexity index is 330. The fourth-order valence-electron chi connectivity index (χ4n) is 0.850. The smallest absolute Gasteiger partial charge is 0.330 e. The van der Waals surface area contributed by atoms with E-state index < -0.39 is 5.97 Å². The van der Waals surface area contributed by atoms with Crippen LogP contribution in [0.2, 0.25) is 0 Å². The molecule has 0 radical (unpaired) electrons. The molecule has 0 saturated carbocycles. The highest BCUT2D eigenvalue weighted by Gasteiger charge is 1.93. The average Bonchev–Trinajstić information content (AvgIpc) is 2.26. The summed E-state index contributed by atoms with van der Waals surface area (Å²) in [5.41, 5.74) is 1.38. The minimum absolute atomic E-state index is 0.0337. The lowest BCUT2D eigenvalue weighted by molar-refractivity contribution is -0.134. The quantitative estimate of drug-likeness (QED) is 0.568. The second-order valence-electron chi connectivity index (χ2n) is 2.61. The number of aromatic nitrogens is 1. The number of aliphatic hydroxyl groups excluding tert-OH is 1. The average molecular weight is 193 g/mol. The molecule has 4 heteroatoms. The van der Waals surface area contributed by atoms with Gasteiger partial charge in [0.25, 0.3) is 0 Å². The number of esters is 1. The van der Waals surface area contributed by atoms with Gasteiger partial charge in [0.1, 0.15) is 0 Å². The Kier molecular flexibility index (Phi) is 3.82. The number of carbonyl (C=O) groups is 1. The van der Waals surface area contributed by atoms with E-state index in [0.717, 1.165) is 5.56 Å². The number of aliphatic hydroxyl groups is 1. The van der Waals surface area contributed by atoms with E-state index in [-0.39, 0.29) is 6.61 Å². The van der Waals surface area contributed by atoms with Crippen molar-refractivity contribution in [3.63, 3.8) is 0 Å². The molecular weight excluding hydrogens is 182 g/mol. The van der Waals surface area contributed by atoms with Crippen LogP contribution in [0.15, 0.2) is 24.4 Å². The van der Waals surface area contributed by atoms with E-state index in [1.165, 1.54) is 13.2 Å². The molecule has 0 aromatic carbocycles. The number of ether oxygens (including phenoxy) is 1. The van der Waals surface area contributed by atoms with E-state index in [1.54, 1.807) is 24.4 Å².